The smallest absolute Gasteiger partial charge is 0.159 e. The molecule has 0 unspecified atom stereocenters. The van der Waals surface area contributed by atoms with Gasteiger partial charge in [-0.15, -0.1) is 0 Å². The van der Waals surface area contributed by atoms with Crippen molar-refractivity contribution >= 4 is 0 Å². The van der Waals surface area contributed by atoms with Crippen LogP contribution in [-0.4, -0.2) is 30.7 Å². The van der Waals surface area contributed by atoms with Gasteiger partial charge in [-0.05, 0) is 31.2 Å². The molecule has 0 aliphatic rings. The van der Waals surface area contributed by atoms with Gasteiger partial charge in [0.05, 0.1) is 19.9 Å². The summed E-state index contributed by atoms with van der Waals surface area (Å²) in [7, 11) is 3.26. The van der Waals surface area contributed by atoms with E-state index in [1.54, 1.807) is 20.4 Å². The molecule has 1 aromatic carbocycles. The predicted molar refractivity (Wildman–Crippen MR) is 82.6 cm³/mol. The predicted octanol–water partition coefficient (Wildman–Crippen LogP) is 2.66. The summed E-state index contributed by atoms with van der Waals surface area (Å²) in [6, 6.07) is 7.56. The molecular formula is C16H21N3O2. The SMILES string of the molecule is CCCNCc1ccnc(-c2cc(OC)cc(OC)c2)n1. The van der Waals surface area contributed by atoms with Gasteiger partial charge in [-0.2, -0.15) is 0 Å². The summed E-state index contributed by atoms with van der Waals surface area (Å²) in [5.74, 6) is 2.12. The van der Waals surface area contributed by atoms with Gasteiger partial charge < -0.3 is 14.8 Å². The van der Waals surface area contributed by atoms with Gasteiger partial charge in [-0.25, -0.2) is 9.97 Å². The Morgan fingerprint density at radius 3 is 2.43 bits per heavy atom. The highest BCUT2D eigenvalue weighted by Crippen LogP contribution is 2.27. The maximum absolute atomic E-state index is 5.28. The molecule has 21 heavy (non-hydrogen) atoms. The van der Waals surface area contributed by atoms with Crippen molar-refractivity contribution in [3.8, 4) is 22.9 Å². The van der Waals surface area contributed by atoms with Crippen LogP contribution in [0.2, 0.25) is 0 Å². The summed E-state index contributed by atoms with van der Waals surface area (Å²) in [6.45, 7) is 3.86. The van der Waals surface area contributed by atoms with E-state index in [4.69, 9.17) is 9.47 Å². The first kappa shape index (κ1) is 15.3. The van der Waals surface area contributed by atoms with E-state index in [-0.39, 0.29) is 0 Å². The maximum Gasteiger partial charge on any atom is 0.159 e. The molecule has 0 aliphatic carbocycles. The highest BCUT2D eigenvalue weighted by molar-refractivity contribution is 5.60. The minimum atomic E-state index is 0.669. The molecule has 1 heterocycles. The van der Waals surface area contributed by atoms with Crippen LogP contribution in [0.15, 0.2) is 30.5 Å². The van der Waals surface area contributed by atoms with Crippen LogP contribution in [0.3, 0.4) is 0 Å². The van der Waals surface area contributed by atoms with Gasteiger partial charge in [-0.3, -0.25) is 0 Å². The molecule has 5 nitrogen and oxygen atoms in total. The van der Waals surface area contributed by atoms with E-state index >= 15 is 0 Å². The Kier molecular flexibility index (Phi) is 5.51. The van der Waals surface area contributed by atoms with Crippen molar-refractivity contribution in [2.75, 3.05) is 20.8 Å². The average molecular weight is 287 g/mol. The average Bonchev–Trinajstić information content (AvgIpc) is 2.55. The van der Waals surface area contributed by atoms with Crippen LogP contribution in [0.1, 0.15) is 19.0 Å². The molecule has 2 rings (SSSR count). The number of rotatable bonds is 7. The monoisotopic (exact) mass is 287 g/mol. The lowest BCUT2D eigenvalue weighted by Gasteiger charge is -2.09. The highest BCUT2D eigenvalue weighted by atomic mass is 16.5. The van der Waals surface area contributed by atoms with Crippen LogP contribution >= 0.6 is 0 Å². The number of nitrogens with zero attached hydrogens (tertiary/aromatic N) is 2. The number of nitrogens with one attached hydrogen (secondary N) is 1. The third-order valence-corrected chi connectivity index (χ3v) is 3.06. The normalized spacial score (nSPS) is 10.4. The van der Waals surface area contributed by atoms with Crippen molar-refractivity contribution in [1.82, 2.24) is 15.3 Å². The van der Waals surface area contributed by atoms with Crippen molar-refractivity contribution < 1.29 is 9.47 Å². The third-order valence-electron chi connectivity index (χ3n) is 3.06. The lowest BCUT2D eigenvalue weighted by molar-refractivity contribution is 0.394. The second-order valence-corrected chi connectivity index (χ2v) is 4.65. The van der Waals surface area contributed by atoms with E-state index in [1.807, 2.05) is 24.3 Å². The van der Waals surface area contributed by atoms with Gasteiger partial charge in [-0.1, -0.05) is 6.92 Å². The largest absolute Gasteiger partial charge is 0.497 e. The fraction of sp³-hybridized carbons (Fsp3) is 0.375. The molecule has 112 valence electrons. The van der Waals surface area contributed by atoms with Crippen molar-refractivity contribution in [2.24, 2.45) is 0 Å². The second kappa shape index (κ2) is 7.59. The number of benzene rings is 1. The molecule has 0 saturated heterocycles. The third kappa shape index (κ3) is 4.16. The molecule has 5 heteroatoms. The van der Waals surface area contributed by atoms with Gasteiger partial charge in [0, 0.05) is 24.4 Å². The molecule has 0 fully saturated rings. The van der Waals surface area contributed by atoms with Crippen LogP contribution in [-0.2, 0) is 6.54 Å². The van der Waals surface area contributed by atoms with Crippen LogP contribution in [0, 0.1) is 0 Å². The molecule has 0 bridgehead atoms. The zero-order valence-corrected chi connectivity index (χ0v) is 12.7. The minimum absolute atomic E-state index is 0.669. The van der Waals surface area contributed by atoms with E-state index in [1.165, 1.54) is 0 Å². The molecule has 0 amide bonds. The van der Waals surface area contributed by atoms with Crippen molar-refractivity contribution in [1.29, 1.82) is 0 Å². The molecule has 0 spiro atoms. The molecule has 0 atom stereocenters. The minimum Gasteiger partial charge on any atom is -0.497 e. The zero-order chi connectivity index (χ0) is 15.1. The van der Waals surface area contributed by atoms with E-state index < -0.39 is 0 Å². The first-order valence-electron chi connectivity index (χ1n) is 7.03. The number of methoxy groups -OCH3 is 2. The standard InChI is InChI=1S/C16H21N3O2/c1-4-6-17-11-13-5-7-18-16(19-13)12-8-14(20-2)10-15(9-12)21-3/h5,7-10,17H,4,6,11H2,1-3H3. The zero-order valence-electron chi connectivity index (χ0n) is 12.7. The Hall–Kier alpha value is -2.14. The van der Waals surface area contributed by atoms with Crippen LogP contribution in [0.4, 0.5) is 0 Å². The summed E-state index contributed by atoms with van der Waals surface area (Å²) in [6.07, 6.45) is 2.88. The Morgan fingerprint density at radius 2 is 1.81 bits per heavy atom. The fourth-order valence-electron chi connectivity index (χ4n) is 1.96. The molecule has 0 radical (unpaired) electrons. The van der Waals surface area contributed by atoms with Gasteiger partial charge >= 0.3 is 0 Å². The van der Waals surface area contributed by atoms with Crippen molar-refractivity contribution in [3.05, 3.63) is 36.2 Å². The Labute approximate surface area is 125 Å². The summed E-state index contributed by atoms with van der Waals surface area (Å²) in [5.41, 5.74) is 1.85. The first-order valence-corrected chi connectivity index (χ1v) is 7.03. The number of hydrogen-bond acceptors (Lipinski definition) is 5. The number of hydrogen-bond donors (Lipinski definition) is 1. The van der Waals surface area contributed by atoms with Gasteiger partial charge in [0.1, 0.15) is 11.5 Å². The van der Waals surface area contributed by atoms with Crippen LogP contribution < -0.4 is 14.8 Å². The molecule has 1 aromatic heterocycles. The number of ether oxygens (including phenoxy) is 2. The summed E-state index contributed by atoms with van der Waals surface area (Å²) in [5, 5.41) is 3.34. The molecule has 0 aliphatic heterocycles. The summed E-state index contributed by atoms with van der Waals surface area (Å²) < 4.78 is 10.6. The second-order valence-electron chi connectivity index (χ2n) is 4.65. The molecular weight excluding hydrogens is 266 g/mol. The number of aromatic nitrogens is 2. The fourth-order valence-corrected chi connectivity index (χ4v) is 1.96. The lowest BCUT2D eigenvalue weighted by atomic mass is 10.2. The Bertz CT molecular complexity index is 565. The first-order chi connectivity index (χ1) is 10.3. The highest BCUT2D eigenvalue weighted by Gasteiger charge is 2.07. The van der Waals surface area contributed by atoms with E-state index in [0.717, 1.165) is 42.3 Å². The van der Waals surface area contributed by atoms with Crippen LogP contribution in [0.25, 0.3) is 11.4 Å². The molecule has 1 N–H and O–H groups in total. The van der Waals surface area contributed by atoms with Gasteiger partial charge in [0.15, 0.2) is 5.82 Å². The van der Waals surface area contributed by atoms with E-state index in [9.17, 15) is 0 Å². The summed E-state index contributed by atoms with van der Waals surface area (Å²) in [4.78, 5) is 8.92. The van der Waals surface area contributed by atoms with Gasteiger partial charge in [0.25, 0.3) is 0 Å². The quantitative estimate of drug-likeness (QED) is 0.793. The van der Waals surface area contributed by atoms with Gasteiger partial charge in [0.2, 0.25) is 0 Å². The Balaban J connectivity index is 2.26. The lowest BCUT2D eigenvalue weighted by Crippen LogP contribution is -2.15. The van der Waals surface area contributed by atoms with Crippen LogP contribution in [0.5, 0.6) is 11.5 Å². The van der Waals surface area contributed by atoms with Crippen molar-refractivity contribution in [2.45, 2.75) is 19.9 Å². The summed E-state index contributed by atoms with van der Waals surface area (Å²) >= 11 is 0. The maximum atomic E-state index is 5.28. The molecule has 0 saturated carbocycles. The van der Waals surface area contributed by atoms with Crippen molar-refractivity contribution in [3.63, 3.8) is 0 Å². The topological polar surface area (TPSA) is 56.3 Å². The Morgan fingerprint density at radius 1 is 1.10 bits per heavy atom. The molecule has 2 aromatic rings. The van der Waals surface area contributed by atoms with E-state index in [2.05, 4.69) is 22.2 Å². The van der Waals surface area contributed by atoms with E-state index in [0.29, 0.717) is 5.82 Å².